The molecule has 3 heterocycles. The monoisotopic (exact) mass is 356 g/mol. The normalized spacial score (nSPS) is 27.3. The third-order valence-corrected chi connectivity index (χ3v) is 6.22. The number of likely N-dealkylation sites (tertiary alicyclic amines) is 1. The fourth-order valence-corrected chi connectivity index (χ4v) is 4.75. The van der Waals surface area contributed by atoms with E-state index in [1.54, 1.807) is 0 Å². The predicted molar refractivity (Wildman–Crippen MR) is 98.6 cm³/mol. The van der Waals surface area contributed by atoms with Gasteiger partial charge >= 0.3 is 0 Å². The Morgan fingerprint density at radius 2 is 2.04 bits per heavy atom. The molecule has 26 heavy (non-hydrogen) atoms. The number of nitrogens with zero attached hydrogens (tertiary/aromatic N) is 2. The molecule has 3 saturated heterocycles. The van der Waals surface area contributed by atoms with Gasteiger partial charge < -0.3 is 14.5 Å². The smallest absolute Gasteiger partial charge is 0.227 e. The Balaban J connectivity index is 1.32. The van der Waals surface area contributed by atoms with E-state index in [1.165, 1.54) is 11.1 Å². The highest BCUT2D eigenvalue weighted by atomic mass is 16.5. The molecule has 0 aliphatic carbocycles. The van der Waals surface area contributed by atoms with Gasteiger partial charge in [-0.05, 0) is 29.9 Å². The van der Waals surface area contributed by atoms with Crippen LogP contribution in [-0.2, 0) is 20.7 Å². The van der Waals surface area contributed by atoms with Gasteiger partial charge in [0.15, 0.2) is 5.72 Å². The van der Waals surface area contributed by atoms with Crippen LogP contribution in [-0.4, -0.2) is 53.1 Å². The van der Waals surface area contributed by atoms with Crippen molar-refractivity contribution in [2.45, 2.75) is 63.6 Å². The first-order valence-corrected chi connectivity index (χ1v) is 9.84. The molecular formula is C21H28N2O3. The molecule has 3 fully saturated rings. The van der Waals surface area contributed by atoms with E-state index < -0.39 is 5.72 Å². The molecule has 0 aromatic heterocycles. The van der Waals surface area contributed by atoms with Crippen molar-refractivity contribution in [2.75, 3.05) is 19.7 Å². The Hall–Kier alpha value is -1.88. The molecule has 0 unspecified atom stereocenters. The molecule has 5 heteroatoms. The molecule has 0 radical (unpaired) electrons. The van der Waals surface area contributed by atoms with Gasteiger partial charge in [-0.3, -0.25) is 9.59 Å². The second kappa shape index (κ2) is 6.69. The predicted octanol–water partition coefficient (Wildman–Crippen LogP) is 2.69. The highest BCUT2D eigenvalue weighted by molar-refractivity contribution is 5.84. The van der Waals surface area contributed by atoms with Crippen molar-refractivity contribution in [1.29, 1.82) is 0 Å². The molecule has 1 spiro atoms. The van der Waals surface area contributed by atoms with E-state index in [0.29, 0.717) is 38.5 Å². The third kappa shape index (κ3) is 2.82. The number of hydrogen-bond donors (Lipinski definition) is 0. The number of benzene rings is 1. The van der Waals surface area contributed by atoms with Gasteiger partial charge in [0, 0.05) is 25.9 Å². The molecule has 0 N–H and O–H groups in total. The molecule has 1 aromatic carbocycles. The van der Waals surface area contributed by atoms with Crippen LogP contribution in [0.1, 0.15) is 56.6 Å². The Kier molecular flexibility index (Phi) is 4.51. The summed E-state index contributed by atoms with van der Waals surface area (Å²) in [4.78, 5) is 28.7. The van der Waals surface area contributed by atoms with Gasteiger partial charge in [-0.2, -0.15) is 0 Å². The SMILES string of the molecule is CC(C)c1ccc(CCCC(=O)N2CC[C@@]34OCCN3C(=O)C[C@@H]24)cc1. The minimum atomic E-state index is -0.514. The molecular weight excluding hydrogens is 328 g/mol. The number of carbonyl (C=O) groups excluding carboxylic acids is 2. The van der Waals surface area contributed by atoms with Gasteiger partial charge in [0.05, 0.1) is 19.1 Å². The van der Waals surface area contributed by atoms with Crippen molar-refractivity contribution in [2.24, 2.45) is 0 Å². The van der Waals surface area contributed by atoms with Crippen molar-refractivity contribution < 1.29 is 14.3 Å². The van der Waals surface area contributed by atoms with Gasteiger partial charge in [-0.15, -0.1) is 0 Å². The zero-order valence-electron chi connectivity index (χ0n) is 15.7. The topological polar surface area (TPSA) is 49.9 Å². The maximum atomic E-state index is 12.8. The van der Waals surface area contributed by atoms with Gasteiger partial charge in [-0.1, -0.05) is 38.1 Å². The van der Waals surface area contributed by atoms with Crippen molar-refractivity contribution in [3.05, 3.63) is 35.4 Å². The van der Waals surface area contributed by atoms with Crippen molar-refractivity contribution in [3.63, 3.8) is 0 Å². The van der Waals surface area contributed by atoms with Crippen LogP contribution in [0.15, 0.2) is 24.3 Å². The standard InChI is InChI=1S/C21H28N2O3/c1-15(2)17-8-6-16(7-9-17)4-3-5-19(24)22-11-10-21-18(22)14-20(25)23(21)12-13-26-21/h6-9,15,18H,3-5,10-14H2,1-2H3/t18-,21+/m1/s1. The molecule has 5 nitrogen and oxygen atoms in total. The molecule has 0 bridgehead atoms. The zero-order chi connectivity index (χ0) is 18.3. The summed E-state index contributed by atoms with van der Waals surface area (Å²) < 4.78 is 5.95. The molecule has 2 atom stereocenters. The van der Waals surface area contributed by atoms with E-state index in [9.17, 15) is 9.59 Å². The van der Waals surface area contributed by atoms with Crippen LogP contribution < -0.4 is 0 Å². The van der Waals surface area contributed by atoms with Crippen LogP contribution in [0, 0.1) is 0 Å². The zero-order valence-corrected chi connectivity index (χ0v) is 15.7. The summed E-state index contributed by atoms with van der Waals surface area (Å²) in [5, 5.41) is 0. The lowest BCUT2D eigenvalue weighted by atomic mass is 10.00. The summed E-state index contributed by atoms with van der Waals surface area (Å²) in [7, 11) is 0. The highest BCUT2D eigenvalue weighted by Gasteiger charge is 2.62. The lowest BCUT2D eigenvalue weighted by Crippen LogP contribution is -2.48. The number of aryl methyl sites for hydroxylation is 1. The van der Waals surface area contributed by atoms with E-state index in [1.807, 2.05) is 9.80 Å². The maximum Gasteiger partial charge on any atom is 0.227 e. The van der Waals surface area contributed by atoms with Gasteiger partial charge in [0.2, 0.25) is 11.8 Å². The van der Waals surface area contributed by atoms with E-state index in [-0.39, 0.29) is 17.9 Å². The lowest BCUT2D eigenvalue weighted by molar-refractivity contribution is -0.139. The molecule has 2 amide bonds. The largest absolute Gasteiger partial charge is 0.351 e. The third-order valence-electron chi connectivity index (χ3n) is 6.22. The summed E-state index contributed by atoms with van der Waals surface area (Å²) >= 11 is 0. The first kappa shape index (κ1) is 17.5. The second-order valence-electron chi connectivity index (χ2n) is 8.05. The molecule has 4 rings (SSSR count). The Morgan fingerprint density at radius 1 is 1.27 bits per heavy atom. The fraction of sp³-hybridized carbons (Fsp3) is 0.619. The number of amides is 2. The number of ether oxygens (including phenoxy) is 1. The minimum absolute atomic E-state index is 0.0877. The highest BCUT2D eigenvalue weighted by Crippen LogP contribution is 2.45. The maximum absolute atomic E-state index is 12.8. The van der Waals surface area contributed by atoms with E-state index in [2.05, 4.69) is 38.1 Å². The summed E-state index contributed by atoms with van der Waals surface area (Å²) in [5.74, 6) is 0.839. The van der Waals surface area contributed by atoms with E-state index in [4.69, 9.17) is 4.74 Å². The summed E-state index contributed by atoms with van der Waals surface area (Å²) in [6, 6.07) is 8.62. The van der Waals surface area contributed by atoms with Crippen LogP contribution >= 0.6 is 0 Å². The molecule has 3 aliphatic rings. The van der Waals surface area contributed by atoms with Gasteiger partial charge in [-0.25, -0.2) is 0 Å². The Morgan fingerprint density at radius 3 is 2.77 bits per heavy atom. The first-order chi connectivity index (χ1) is 12.5. The van der Waals surface area contributed by atoms with Gasteiger partial charge in [0.25, 0.3) is 0 Å². The Labute approximate surface area is 155 Å². The fourth-order valence-electron chi connectivity index (χ4n) is 4.75. The van der Waals surface area contributed by atoms with Gasteiger partial charge in [0.1, 0.15) is 0 Å². The van der Waals surface area contributed by atoms with E-state index in [0.717, 1.165) is 19.3 Å². The number of carbonyl (C=O) groups is 2. The molecule has 0 saturated carbocycles. The van der Waals surface area contributed by atoms with Crippen molar-refractivity contribution >= 4 is 11.8 Å². The van der Waals surface area contributed by atoms with Crippen LogP contribution in [0.4, 0.5) is 0 Å². The molecule has 1 aromatic rings. The van der Waals surface area contributed by atoms with E-state index >= 15 is 0 Å². The molecule has 140 valence electrons. The summed E-state index contributed by atoms with van der Waals surface area (Å²) in [5.41, 5.74) is 2.11. The first-order valence-electron chi connectivity index (χ1n) is 9.84. The average molecular weight is 356 g/mol. The second-order valence-corrected chi connectivity index (χ2v) is 8.05. The quantitative estimate of drug-likeness (QED) is 0.815. The van der Waals surface area contributed by atoms with Crippen LogP contribution in [0.2, 0.25) is 0 Å². The summed E-state index contributed by atoms with van der Waals surface area (Å²) in [6.45, 7) is 6.36. The number of rotatable bonds is 5. The average Bonchev–Trinajstić information content (AvgIpc) is 3.26. The summed E-state index contributed by atoms with van der Waals surface area (Å²) in [6.07, 6.45) is 3.46. The van der Waals surface area contributed by atoms with Crippen LogP contribution in [0.25, 0.3) is 0 Å². The van der Waals surface area contributed by atoms with Crippen molar-refractivity contribution in [1.82, 2.24) is 9.80 Å². The minimum Gasteiger partial charge on any atom is -0.351 e. The van der Waals surface area contributed by atoms with Crippen LogP contribution in [0.3, 0.4) is 0 Å². The molecule has 3 aliphatic heterocycles. The Bertz CT molecular complexity index is 700. The number of hydrogen-bond acceptors (Lipinski definition) is 3. The lowest BCUT2D eigenvalue weighted by Gasteiger charge is -2.31. The van der Waals surface area contributed by atoms with Crippen molar-refractivity contribution in [3.8, 4) is 0 Å². The van der Waals surface area contributed by atoms with Crippen LogP contribution in [0.5, 0.6) is 0 Å².